The number of rotatable bonds is 15. The summed E-state index contributed by atoms with van der Waals surface area (Å²) in [5.41, 5.74) is 18.5. The summed E-state index contributed by atoms with van der Waals surface area (Å²) in [4.78, 5) is 66.8. The van der Waals surface area contributed by atoms with Gasteiger partial charge in [0.2, 0.25) is 5.91 Å². The summed E-state index contributed by atoms with van der Waals surface area (Å²) in [7, 11) is 0. The summed E-state index contributed by atoms with van der Waals surface area (Å²) < 4.78 is 4.56. The fraction of sp³-hybridized carbons (Fsp3) is 0.357. The van der Waals surface area contributed by atoms with Crippen LogP contribution in [0.2, 0.25) is 0 Å². The van der Waals surface area contributed by atoms with E-state index in [-0.39, 0.29) is 38.5 Å². The molecule has 0 aliphatic rings. The number of carboxylic acids is 3. The van der Waals surface area contributed by atoms with Crippen LogP contribution in [0.15, 0.2) is 60.7 Å². The molecule has 2 aromatic rings. The number of nitrogens with two attached hydrogens (primary N) is 3. The number of aliphatic carboxylic acids is 3. The topological polar surface area (TPSA) is 262 Å². The SMILES string of the molecule is N[C@@H](CCC(=O)O)C(=O)OC(=O)[C@@H](N)Cc1ccccc1.N[C@@H](Cc1ccccc1)C(=O)N[C@@H](CCC(=O)O)C(=O)O. The summed E-state index contributed by atoms with van der Waals surface area (Å²) in [6.45, 7) is 0. The number of hydrogen-bond acceptors (Lipinski definition) is 10. The lowest BCUT2D eigenvalue weighted by Gasteiger charge is -2.17. The number of benzene rings is 2. The Morgan fingerprint density at radius 2 is 1.07 bits per heavy atom. The van der Waals surface area contributed by atoms with Crippen molar-refractivity contribution >= 4 is 35.8 Å². The Hall–Kier alpha value is -4.66. The Kier molecular flexibility index (Phi) is 15.7. The standard InChI is InChI=1S/2C14H18N2O5/c15-10(8-9-4-2-1-3-5-9)13(19)16-11(14(20)21)6-7-12(17)18;15-10(6-7-12(17)18)13(19)21-14(20)11(16)8-9-4-2-1-3-5-9/h1-5,10-11H,6-8,15H2,(H,16,19)(H,17,18)(H,20,21);1-5,10-11H,6-8,15-16H2,(H,17,18)/t2*10-,11-/m00/s1. The normalized spacial score (nSPS) is 13.2. The number of ether oxygens (including phenoxy) is 1. The van der Waals surface area contributed by atoms with E-state index in [4.69, 9.17) is 32.5 Å². The first-order valence-corrected chi connectivity index (χ1v) is 12.9. The minimum atomic E-state index is -1.28. The van der Waals surface area contributed by atoms with E-state index in [1.807, 2.05) is 36.4 Å². The van der Waals surface area contributed by atoms with Crippen LogP contribution in [0.1, 0.15) is 36.8 Å². The van der Waals surface area contributed by atoms with Gasteiger partial charge in [-0.1, -0.05) is 60.7 Å². The van der Waals surface area contributed by atoms with Crippen molar-refractivity contribution < 1.29 is 48.8 Å². The first kappa shape index (κ1) is 35.4. The molecule has 228 valence electrons. The lowest BCUT2D eigenvalue weighted by Crippen LogP contribution is -2.49. The van der Waals surface area contributed by atoms with Crippen molar-refractivity contribution in [3.63, 3.8) is 0 Å². The molecule has 0 unspecified atom stereocenters. The molecule has 10 N–H and O–H groups in total. The van der Waals surface area contributed by atoms with Gasteiger partial charge in [0, 0.05) is 12.8 Å². The lowest BCUT2D eigenvalue weighted by atomic mass is 10.1. The van der Waals surface area contributed by atoms with Crippen LogP contribution in [0.5, 0.6) is 0 Å². The third-order valence-electron chi connectivity index (χ3n) is 5.67. The van der Waals surface area contributed by atoms with Crippen LogP contribution in [-0.2, 0) is 46.3 Å². The highest BCUT2D eigenvalue weighted by atomic mass is 16.6. The van der Waals surface area contributed by atoms with Gasteiger partial charge in [-0.05, 0) is 36.8 Å². The molecule has 0 fully saturated rings. The smallest absolute Gasteiger partial charge is 0.330 e. The van der Waals surface area contributed by atoms with Gasteiger partial charge < -0.3 is 42.6 Å². The van der Waals surface area contributed by atoms with E-state index < -0.39 is 59.9 Å². The third kappa shape index (κ3) is 14.6. The predicted octanol–water partition coefficient (Wildman–Crippen LogP) is -0.191. The van der Waals surface area contributed by atoms with Crippen LogP contribution in [0.25, 0.3) is 0 Å². The fourth-order valence-electron chi connectivity index (χ4n) is 3.36. The van der Waals surface area contributed by atoms with E-state index in [9.17, 15) is 28.8 Å². The Balaban J connectivity index is 0.000000420. The number of carbonyl (C=O) groups excluding carboxylic acids is 3. The summed E-state index contributed by atoms with van der Waals surface area (Å²) in [6.07, 6.45) is -0.398. The zero-order chi connectivity index (χ0) is 31.7. The van der Waals surface area contributed by atoms with Gasteiger partial charge >= 0.3 is 29.8 Å². The van der Waals surface area contributed by atoms with E-state index in [0.717, 1.165) is 11.1 Å². The van der Waals surface area contributed by atoms with Gasteiger partial charge in [0.25, 0.3) is 0 Å². The van der Waals surface area contributed by atoms with Crippen molar-refractivity contribution in [2.75, 3.05) is 0 Å². The molecule has 0 aliphatic heterocycles. The summed E-state index contributed by atoms with van der Waals surface area (Å²) in [6, 6.07) is 13.8. The van der Waals surface area contributed by atoms with E-state index in [1.165, 1.54) is 0 Å². The van der Waals surface area contributed by atoms with Crippen molar-refractivity contribution in [2.24, 2.45) is 17.2 Å². The maximum atomic E-state index is 11.9. The molecule has 4 atom stereocenters. The molecule has 0 saturated heterocycles. The maximum Gasteiger partial charge on any atom is 0.330 e. The number of hydrogen-bond donors (Lipinski definition) is 7. The molecule has 42 heavy (non-hydrogen) atoms. The molecule has 2 rings (SSSR count). The Labute approximate surface area is 241 Å². The van der Waals surface area contributed by atoms with Gasteiger partial charge in [0.05, 0.1) is 6.04 Å². The van der Waals surface area contributed by atoms with Gasteiger partial charge in [-0.2, -0.15) is 0 Å². The van der Waals surface area contributed by atoms with E-state index >= 15 is 0 Å². The number of amides is 1. The third-order valence-corrected chi connectivity index (χ3v) is 5.67. The zero-order valence-corrected chi connectivity index (χ0v) is 22.8. The average molecular weight is 589 g/mol. The minimum absolute atomic E-state index is 0.102. The fourth-order valence-corrected chi connectivity index (χ4v) is 3.36. The van der Waals surface area contributed by atoms with Crippen molar-refractivity contribution in [1.82, 2.24) is 5.32 Å². The van der Waals surface area contributed by atoms with Crippen LogP contribution in [0.3, 0.4) is 0 Å². The first-order chi connectivity index (χ1) is 19.8. The number of carbonyl (C=O) groups is 6. The molecule has 0 radical (unpaired) electrons. The van der Waals surface area contributed by atoms with E-state index in [0.29, 0.717) is 0 Å². The molecule has 14 nitrogen and oxygen atoms in total. The predicted molar refractivity (Wildman–Crippen MR) is 149 cm³/mol. The van der Waals surface area contributed by atoms with Crippen LogP contribution in [-0.4, -0.2) is 75.2 Å². The molecule has 0 saturated carbocycles. The second-order valence-electron chi connectivity index (χ2n) is 9.20. The molecular formula is C28H36N4O10. The van der Waals surface area contributed by atoms with Gasteiger partial charge in [-0.3, -0.25) is 14.4 Å². The maximum absolute atomic E-state index is 11.9. The van der Waals surface area contributed by atoms with Crippen molar-refractivity contribution in [2.45, 2.75) is 62.7 Å². The lowest BCUT2D eigenvalue weighted by molar-refractivity contribution is -0.161. The van der Waals surface area contributed by atoms with Crippen molar-refractivity contribution in [1.29, 1.82) is 0 Å². The largest absolute Gasteiger partial charge is 0.481 e. The van der Waals surface area contributed by atoms with Gasteiger partial charge in [0.1, 0.15) is 18.1 Å². The summed E-state index contributed by atoms with van der Waals surface area (Å²) >= 11 is 0. The van der Waals surface area contributed by atoms with Gasteiger partial charge in [-0.15, -0.1) is 0 Å². The molecule has 1 amide bonds. The monoisotopic (exact) mass is 588 g/mol. The number of carboxylic acid groups (broad SMARTS) is 3. The number of nitrogens with one attached hydrogen (secondary N) is 1. The highest BCUT2D eigenvalue weighted by Crippen LogP contribution is 2.06. The van der Waals surface area contributed by atoms with Crippen LogP contribution >= 0.6 is 0 Å². The Morgan fingerprint density at radius 1 is 0.643 bits per heavy atom. The van der Waals surface area contributed by atoms with Gasteiger partial charge in [0.15, 0.2) is 0 Å². The molecule has 0 aromatic heterocycles. The molecule has 0 heterocycles. The Bertz CT molecular complexity index is 1190. The molecular weight excluding hydrogens is 552 g/mol. The molecule has 0 bridgehead atoms. The van der Waals surface area contributed by atoms with Crippen molar-refractivity contribution in [3.8, 4) is 0 Å². The molecule has 0 aliphatic carbocycles. The number of esters is 2. The molecule has 2 aromatic carbocycles. The van der Waals surface area contributed by atoms with E-state index in [2.05, 4.69) is 10.1 Å². The first-order valence-electron chi connectivity index (χ1n) is 12.9. The van der Waals surface area contributed by atoms with E-state index in [1.54, 1.807) is 24.3 Å². The van der Waals surface area contributed by atoms with Crippen LogP contribution in [0.4, 0.5) is 0 Å². The second-order valence-corrected chi connectivity index (χ2v) is 9.20. The molecule has 14 heteroatoms. The molecule has 0 spiro atoms. The average Bonchev–Trinajstić information content (AvgIpc) is 2.94. The summed E-state index contributed by atoms with van der Waals surface area (Å²) in [5, 5.41) is 28.3. The quantitative estimate of drug-likeness (QED) is 0.105. The van der Waals surface area contributed by atoms with Gasteiger partial charge in [-0.25, -0.2) is 14.4 Å². The van der Waals surface area contributed by atoms with Crippen molar-refractivity contribution in [3.05, 3.63) is 71.8 Å². The highest BCUT2D eigenvalue weighted by molar-refractivity contribution is 5.91. The van der Waals surface area contributed by atoms with Crippen LogP contribution in [0, 0.1) is 0 Å². The highest BCUT2D eigenvalue weighted by Gasteiger charge is 2.25. The second kappa shape index (κ2) is 18.6. The van der Waals surface area contributed by atoms with Crippen LogP contribution < -0.4 is 22.5 Å². The summed E-state index contributed by atoms with van der Waals surface area (Å²) in [5.74, 6) is -5.94. The zero-order valence-electron chi connectivity index (χ0n) is 22.8. The Morgan fingerprint density at radius 3 is 1.52 bits per heavy atom. The minimum Gasteiger partial charge on any atom is -0.481 e.